The quantitative estimate of drug-likeness (QED) is 0.203. The summed E-state index contributed by atoms with van der Waals surface area (Å²) >= 11 is 0. The van der Waals surface area contributed by atoms with E-state index in [0.29, 0.717) is 0 Å². The molecule has 0 amide bonds. The Kier molecular flexibility index (Phi) is 8.18. The Morgan fingerprint density at radius 1 is 0.900 bits per heavy atom. The minimum absolute atomic E-state index is 0.00310. The number of carbonyl (C=O) groups is 1. The highest BCUT2D eigenvalue weighted by Crippen LogP contribution is 2.51. The van der Waals surface area contributed by atoms with Crippen molar-refractivity contribution in [3.05, 3.63) is 138 Å². The number of benzene rings is 4. The molecule has 0 saturated carbocycles. The van der Waals surface area contributed by atoms with Crippen molar-refractivity contribution in [2.75, 3.05) is 12.2 Å². The molecular formula is C36H37NO3. The maximum Gasteiger partial charge on any atom is 0.164 e. The highest BCUT2D eigenvalue weighted by Gasteiger charge is 2.49. The van der Waals surface area contributed by atoms with Crippen LogP contribution in [-0.2, 0) is 15.0 Å². The molecule has 1 saturated heterocycles. The summed E-state index contributed by atoms with van der Waals surface area (Å²) in [5, 5.41) is 1.91. The Bertz CT molecular complexity index is 1450. The first kappa shape index (κ1) is 27.4. The molecule has 4 aromatic carbocycles. The van der Waals surface area contributed by atoms with Gasteiger partial charge in [0.15, 0.2) is 5.78 Å². The van der Waals surface area contributed by atoms with Gasteiger partial charge in [0.05, 0.1) is 24.8 Å². The van der Waals surface area contributed by atoms with Crippen LogP contribution in [0, 0.1) is 5.92 Å². The van der Waals surface area contributed by atoms with Gasteiger partial charge in [-0.15, -0.1) is 0 Å². The lowest BCUT2D eigenvalue weighted by atomic mass is 9.78. The lowest BCUT2D eigenvalue weighted by Crippen LogP contribution is -2.29. The second-order valence-corrected chi connectivity index (χ2v) is 10.9. The molecule has 0 unspecified atom stereocenters. The molecule has 4 heteroatoms. The number of anilines is 1. The van der Waals surface area contributed by atoms with Gasteiger partial charge in [0, 0.05) is 5.56 Å². The fourth-order valence-electron chi connectivity index (χ4n) is 5.34. The average molecular weight is 532 g/mol. The molecule has 1 heterocycles. The molecule has 1 aliphatic rings. The fourth-order valence-corrected chi connectivity index (χ4v) is 5.34. The summed E-state index contributed by atoms with van der Waals surface area (Å²) < 4.78 is 5.93. The number of carbonyl (C=O) groups excluding carboxylic acids is 1. The van der Waals surface area contributed by atoms with Crippen LogP contribution >= 0.6 is 0 Å². The van der Waals surface area contributed by atoms with E-state index in [4.69, 9.17) is 9.57 Å². The van der Waals surface area contributed by atoms with Gasteiger partial charge >= 0.3 is 0 Å². The zero-order chi connectivity index (χ0) is 28.1. The highest BCUT2D eigenvalue weighted by molar-refractivity contribution is 5.97. The van der Waals surface area contributed by atoms with E-state index in [1.807, 2.05) is 108 Å². The Morgan fingerprint density at radius 2 is 1.52 bits per heavy atom. The topological polar surface area (TPSA) is 38.8 Å². The summed E-state index contributed by atoms with van der Waals surface area (Å²) in [6.07, 6.45) is 4.09. The van der Waals surface area contributed by atoms with Gasteiger partial charge in [-0.25, -0.2) is 5.06 Å². The third kappa shape index (κ3) is 5.59. The Hall–Kier alpha value is -4.15. The van der Waals surface area contributed by atoms with Crippen molar-refractivity contribution >= 4 is 17.5 Å². The van der Waals surface area contributed by atoms with Crippen LogP contribution in [0.2, 0.25) is 0 Å². The van der Waals surface area contributed by atoms with Crippen molar-refractivity contribution in [2.24, 2.45) is 5.92 Å². The van der Waals surface area contributed by atoms with E-state index in [2.05, 4.69) is 32.9 Å². The van der Waals surface area contributed by atoms with Crippen molar-refractivity contribution < 1.29 is 14.4 Å². The number of hydrogen-bond donors (Lipinski definition) is 0. The molecule has 1 fully saturated rings. The lowest BCUT2D eigenvalue weighted by Gasteiger charge is -2.30. The summed E-state index contributed by atoms with van der Waals surface area (Å²) in [4.78, 5) is 21.0. The maximum atomic E-state index is 14.3. The van der Waals surface area contributed by atoms with E-state index in [-0.39, 0.29) is 11.2 Å². The van der Waals surface area contributed by atoms with Crippen LogP contribution in [0.25, 0.3) is 6.08 Å². The number of ether oxygens (including phenoxy) is 1. The summed E-state index contributed by atoms with van der Waals surface area (Å²) in [6.45, 7) is 6.69. The number of hydrogen-bond acceptors (Lipinski definition) is 4. The van der Waals surface area contributed by atoms with Gasteiger partial charge in [0.1, 0.15) is 11.9 Å². The van der Waals surface area contributed by atoms with Crippen LogP contribution in [-0.4, -0.2) is 12.9 Å². The first-order valence-corrected chi connectivity index (χ1v) is 13.9. The molecule has 4 aromatic rings. The number of hydroxylamine groups is 1. The third-order valence-electron chi connectivity index (χ3n) is 8.07. The molecule has 0 spiro atoms. The summed E-state index contributed by atoms with van der Waals surface area (Å²) in [6, 6.07) is 35.9. The molecule has 0 N–H and O–H groups in total. The van der Waals surface area contributed by atoms with E-state index in [1.54, 1.807) is 13.2 Å². The predicted molar refractivity (Wildman–Crippen MR) is 162 cm³/mol. The molecule has 3 atom stereocenters. The Balaban J connectivity index is 1.70. The Labute approximate surface area is 237 Å². The highest BCUT2D eigenvalue weighted by atomic mass is 16.7. The second-order valence-electron chi connectivity index (χ2n) is 10.9. The molecular weight excluding hydrogens is 494 g/mol. The first-order chi connectivity index (χ1) is 19.4. The van der Waals surface area contributed by atoms with Crippen LogP contribution < -0.4 is 9.80 Å². The molecule has 0 aliphatic carbocycles. The van der Waals surface area contributed by atoms with Gasteiger partial charge in [-0.2, -0.15) is 0 Å². The van der Waals surface area contributed by atoms with Crippen LogP contribution in [0.4, 0.5) is 5.69 Å². The van der Waals surface area contributed by atoms with Crippen molar-refractivity contribution in [3.8, 4) is 5.75 Å². The van der Waals surface area contributed by atoms with Crippen molar-refractivity contribution in [1.82, 2.24) is 0 Å². The molecule has 5 rings (SSSR count). The van der Waals surface area contributed by atoms with Gasteiger partial charge in [-0.3, -0.25) is 9.63 Å². The summed E-state index contributed by atoms with van der Waals surface area (Å²) in [5.74, 6) is 0.225. The van der Waals surface area contributed by atoms with E-state index in [9.17, 15) is 4.79 Å². The van der Waals surface area contributed by atoms with E-state index < -0.39 is 18.1 Å². The zero-order valence-electron chi connectivity index (χ0n) is 23.7. The standard InChI is InChI=1S/C36H37NO3/c1-5-36(2,3)28-22-24-32(39-4)30(25-28)34-33(31(38)23-21-26-15-9-6-10-16-26)35(27-17-11-7-12-18-27)40-37(34)29-19-13-8-14-20-29/h6-25,33-35H,5H2,1-4H3/b23-21+/t33-,34-,35+/m1/s1. The van der Waals surface area contributed by atoms with Crippen molar-refractivity contribution in [3.63, 3.8) is 0 Å². The minimum atomic E-state index is -0.517. The van der Waals surface area contributed by atoms with Crippen LogP contribution in [0.5, 0.6) is 5.75 Å². The average Bonchev–Trinajstić information content (AvgIpc) is 3.41. The molecule has 1 aliphatic heterocycles. The number of ketones is 1. The normalized spacial score (nSPS) is 19.2. The predicted octanol–water partition coefficient (Wildman–Crippen LogP) is 8.52. The number of methoxy groups -OCH3 is 1. The van der Waals surface area contributed by atoms with Crippen LogP contribution in [0.3, 0.4) is 0 Å². The third-order valence-corrected chi connectivity index (χ3v) is 8.07. The molecule has 4 nitrogen and oxygen atoms in total. The van der Waals surface area contributed by atoms with E-state index in [1.165, 1.54) is 5.56 Å². The molecule has 40 heavy (non-hydrogen) atoms. The number of allylic oxidation sites excluding steroid dienone is 1. The first-order valence-electron chi connectivity index (χ1n) is 13.9. The Morgan fingerprint density at radius 3 is 2.15 bits per heavy atom. The van der Waals surface area contributed by atoms with Gasteiger partial charge in [-0.05, 0) is 58.9 Å². The van der Waals surface area contributed by atoms with E-state index in [0.717, 1.165) is 34.5 Å². The maximum absolute atomic E-state index is 14.3. The smallest absolute Gasteiger partial charge is 0.164 e. The van der Waals surface area contributed by atoms with Crippen LogP contribution in [0.15, 0.2) is 115 Å². The molecule has 204 valence electrons. The fraction of sp³-hybridized carbons (Fsp3) is 0.250. The lowest BCUT2D eigenvalue weighted by molar-refractivity contribution is -0.120. The summed E-state index contributed by atoms with van der Waals surface area (Å²) in [5.41, 5.74) is 4.93. The minimum Gasteiger partial charge on any atom is -0.496 e. The van der Waals surface area contributed by atoms with E-state index >= 15 is 0 Å². The zero-order valence-corrected chi connectivity index (χ0v) is 23.7. The van der Waals surface area contributed by atoms with Crippen molar-refractivity contribution in [1.29, 1.82) is 0 Å². The largest absolute Gasteiger partial charge is 0.496 e. The molecule has 0 bridgehead atoms. The van der Waals surface area contributed by atoms with Gasteiger partial charge in [0.25, 0.3) is 0 Å². The van der Waals surface area contributed by atoms with Gasteiger partial charge in [-0.1, -0.05) is 112 Å². The monoisotopic (exact) mass is 531 g/mol. The number of rotatable bonds is 9. The SMILES string of the molecule is CCC(C)(C)c1ccc(OC)c([C@@H]2[C@@H](C(=O)/C=C/c3ccccc3)[C@H](c3ccccc3)ON2c2ccccc2)c1. The van der Waals surface area contributed by atoms with Gasteiger partial charge < -0.3 is 4.74 Å². The number of nitrogens with zero attached hydrogens (tertiary/aromatic N) is 1. The summed E-state index contributed by atoms with van der Waals surface area (Å²) in [7, 11) is 1.69. The van der Waals surface area contributed by atoms with Crippen molar-refractivity contribution in [2.45, 2.75) is 44.8 Å². The van der Waals surface area contributed by atoms with Gasteiger partial charge in [0.2, 0.25) is 0 Å². The molecule has 0 radical (unpaired) electrons. The van der Waals surface area contributed by atoms with Crippen LogP contribution in [0.1, 0.15) is 61.6 Å². The second kappa shape index (κ2) is 11.9. The number of para-hydroxylation sites is 1. The molecule has 0 aromatic heterocycles.